The van der Waals surface area contributed by atoms with Gasteiger partial charge in [0.1, 0.15) is 0 Å². The van der Waals surface area contributed by atoms with E-state index < -0.39 is 0 Å². The molecule has 2 N–H and O–H groups in total. The summed E-state index contributed by atoms with van der Waals surface area (Å²) in [5.41, 5.74) is 8.73. The summed E-state index contributed by atoms with van der Waals surface area (Å²) in [4.78, 5) is 0. The van der Waals surface area contributed by atoms with Crippen molar-refractivity contribution in [1.29, 1.82) is 0 Å². The molecule has 0 amide bonds. The maximum absolute atomic E-state index is 10.1. The Hall–Kier alpha value is -2.94. The first-order chi connectivity index (χ1) is 19.6. The Bertz CT molecular complexity index is 1270. The highest BCUT2D eigenvalue weighted by atomic mass is 16.3. The molecule has 0 bridgehead atoms. The minimum atomic E-state index is -0.331. The van der Waals surface area contributed by atoms with Crippen LogP contribution in [0.1, 0.15) is 88.5 Å². The van der Waals surface area contributed by atoms with Crippen molar-refractivity contribution in [3.63, 3.8) is 0 Å². The lowest BCUT2D eigenvalue weighted by atomic mass is 9.67. The third-order valence-electron chi connectivity index (χ3n) is 8.33. The van der Waals surface area contributed by atoms with Gasteiger partial charge in [-0.3, -0.25) is 0 Å². The van der Waals surface area contributed by atoms with Gasteiger partial charge in [-0.05, 0) is 77.2 Å². The van der Waals surface area contributed by atoms with Crippen LogP contribution in [0.25, 0.3) is 0 Å². The van der Waals surface area contributed by atoms with Crippen LogP contribution >= 0.6 is 0 Å². The maximum Gasteiger partial charge on any atom is 0.0729 e. The van der Waals surface area contributed by atoms with Gasteiger partial charge < -0.3 is 10.2 Å². The zero-order chi connectivity index (χ0) is 31.5. The molecule has 0 spiro atoms. The molecule has 2 heteroatoms. The molecule has 42 heavy (non-hydrogen) atoms. The van der Waals surface area contributed by atoms with Gasteiger partial charge in [-0.25, -0.2) is 0 Å². The second-order valence-corrected chi connectivity index (χ2v) is 13.7. The molecular weight excluding hydrogens is 512 g/mol. The van der Waals surface area contributed by atoms with Crippen molar-refractivity contribution in [3.8, 4) is 0 Å². The highest BCUT2D eigenvalue weighted by Gasteiger charge is 2.34. The van der Waals surface area contributed by atoms with Gasteiger partial charge in [-0.1, -0.05) is 152 Å². The average Bonchev–Trinajstić information content (AvgIpc) is 2.84. The van der Waals surface area contributed by atoms with Crippen LogP contribution in [-0.2, 0) is 0 Å². The third-order valence-corrected chi connectivity index (χ3v) is 8.33. The Balaban J connectivity index is 1.90. The first-order valence-electron chi connectivity index (χ1n) is 15.4. The summed E-state index contributed by atoms with van der Waals surface area (Å²) in [6.07, 6.45) is 33.8. The summed E-state index contributed by atoms with van der Waals surface area (Å²) in [6, 6.07) is 0. The molecule has 0 radical (unpaired) electrons. The van der Waals surface area contributed by atoms with Crippen LogP contribution in [0.3, 0.4) is 0 Å². The van der Waals surface area contributed by atoms with E-state index in [2.05, 4.69) is 154 Å². The molecule has 0 aromatic heterocycles. The Morgan fingerprint density at radius 1 is 0.714 bits per heavy atom. The van der Waals surface area contributed by atoms with E-state index >= 15 is 0 Å². The molecule has 2 rings (SSSR count). The Morgan fingerprint density at radius 3 is 1.74 bits per heavy atom. The van der Waals surface area contributed by atoms with Crippen LogP contribution in [0, 0.1) is 16.7 Å². The van der Waals surface area contributed by atoms with Crippen molar-refractivity contribution in [2.45, 2.75) is 101 Å². The van der Waals surface area contributed by atoms with E-state index in [1.54, 1.807) is 0 Å². The van der Waals surface area contributed by atoms with Gasteiger partial charge in [0.05, 0.1) is 12.2 Å². The first-order valence-corrected chi connectivity index (χ1v) is 15.4. The molecule has 0 saturated carbocycles. The average molecular weight is 569 g/mol. The predicted molar refractivity (Wildman–Crippen MR) is 184 cm³/mol. The molecular formula is C40H56O2. The topological polar surface area (TPSA) is 40.5 Å². The van der Waals surface area contributed by atoms with Gasteiger partial charge in [0.25, 0.3) is 0 Å². The lowest BCUT2D eigenvalue weighted by molar-refractivity contribution is 0.116. The van der Waals surface area contributed by atoms with Gasteiger partial charge in [0.15, 0.2) is 0 Å². The van der Waals surface area contributed by atoms with Crippen molar-refractivity contribution < 1.29 is 10.2 Å². The van der Waals surface area contributed by atoms with Crippen LogP contribution in [0.4, 0.5) is 0 Å². The summed E-state index contributed by atoms with van der Waals surface area (Å²) in [7, 11) is 0. The maximum atomic E-state index is 10.1. The Morgan fingerprint density at radius 2 is 1.21 bits per heavy atom. The van der Waals surface area contributed by atoms with E-state index in [9.17, 15) is 10.2 Å². The van der Waals surface area contributed by atoms with Crippen LogP contribution in [0.5, 0.6) is 0 Å². The van der Waals surface area contributed by atoms with Crippen molar-refractivity contribution in [2.75, 3.05) is 0 Å². The standard InChI is InChI=1S/C40H56O2/c1-29(17-13-19-31(3)21-23-37-33(5)25-35(41)27-39(37,7)8)15-11-12-16-30(2)18-14-20-32(4)22-24-38-34(6)26-36(42)28-40(38,9)10/h11-25,35-37,41-42H,26-28H2,1-10H3/b12-11+,17-13?,18-14+,23-21?,24-22+,29-15?,30-16+,31-19?,32-20+. The molecule has 3 atom stereocenters. The fraction of sp³-hybridized carbons (Fsp3) is 0.450. The minimum absolute atomic E-state index is 0.00528. The second kappa shape index (κ2) is 16.1. The molecule has 0 fully saturated rings. The number of hydrogen-bond donors (Lipinski definition) is 2. The second-order valence-electron chi connectivity index (χ2n) is 13.7. The molecule has 2 aliphatic carbocycles. The number of aliphatic hydroxyl groups is 2. The quantitative estimate of drug-likeness (QED) is 0.203. The largest absolute Gasteiger partial charge is 0.393 e. The van der Waals surface area contributed by atoms with Gasteiger partial charge in [-0.15, -0.1) is 0 Å². The van der Waals surface area contributed by atoms with Gasteiger partial charge >= 0.3 is 0 Å². The van der Waals surface area contributed by atoms with Crippen molar-refractivity contribution in [1.82, 2.24) is 0 Å². The SMILES string of the molecule is CC(C=CC1C(C)=CC(O)CC1(C)C)=CC=CC(C)=C/C=C/C=C(C)/C=C/C=C(C)/C=C/C1=C(C)CC(O)CC1(C)C. The van der Waals surface area contributed by atoms with E-state index in [1.165, 1.54) is 39.0 Å². The lowest BCUT2D eigenvalue weighted by Gasteiger charge is -2.38. The van der Waals surface area contributed by atoms with E-state index in [1.807, 2.05) is 6.08 Å². The number of allylic oxidation sites excluding steroid dienone is 20. The fourth-order valence-corrected chi connectivity index (χ4v) is 6.14. The molecule has 3 unspecified atom stereocenters. The zero-order valence-corrected chi connectivity index (χ0v) is 27.9. The summed E-state index contributed by atoms with van der Waals surface area (Å²) in [5, 5.41) is 20.2. The number of hydrogen-bond acceptors (Lipinski definition) is 2. The van der Waals surface area contributed by atoms with Crippen LogP contribution in [0.2, 0.25) is 0 Å². The van der Waals surface area contributed by atoms with E-state index in [0.717, 1.165) is 19.3 Å². The zero-order valence-electron chi connectivity index (χ0n) is 27.9. The van der Waals surface area contributed by atoms with Gasteiger partial charge in [0.2, 0.25) is 0 Å². The molecule has 0 aromatic rings. The first kappa shape index (κ1) is 35.3. The van der Waals surface area contributed by atoms with E-state index in [-0.39, 0.29) is 23.0 Å². The Kier molecular flexibility index (Phi) is 13.5. The fourth-order valence-electron chi connectivity index (χ4n) is 6.14. The molecule has 0 saturated heterocycles. The van der Waals surface area contributed by atoms with E-state index in [0.29, 0.717) is 5.92 Å². The summed E-state index contributed by atoms with van der Waals surface area (Å²) >= 11 is 0. The molecule has 2 nitrogen and oxygen atoms in total. The van der Waals surface area contributed by atoms with Crippen LogP contribution < -0.4 is 0 Å². The minimum Gasteiger partial charge on any atom is -0.393 e. The van der Waals surface area contributed by atoms with Crippen LogP contribution in [0.15, 0.2) is 130 Å². The van der Waals surface area contributed by atoms with Crippen LogP contribution in [-0.4, -0.2) is 22.4 Å². The highest BCUT2D eigenvalue weighted by Crippen LogP contribution is 2.42. The van der Waals surface area contributed by atoms with Crippen molar-refractivity contribution in [3.05, 3.63) is 130 Å². The third kappa shape index (κ3) is 11.7. The lowest BCUT2D eigenvalue weighted by Crippen LogP contribution is -2.32. The van der Waals surface area contributed by atoms with Gasteiger partial charge in [-0.2, -0.15) is 0 Å². The monoisotopic (exact) mass is 568 g/mol. The van der Waals surface area contributed by atoms with Crippen molar-refractivity contribution in [2.24, 2.45) is 16.7 Å². The molecule has 0 aliphatic heterocycles. The van der Waals surface area contributed by atoms with E-state index in [4.69, 9.17) is 0 Å². The molecule has 228 valence electrons. The predicted octanol–water partition coefficient (Wildman–Crippen LogP) is 10.4. The normalized spacial score (nSPS) is 26.6. The summed E-state index contributed by atoms with van der Waals surface area (Å²) < 4.78 is 0. The van der Waals surface area contributed by atoms with Crippen molar-refractivity contribution >= 4 is 0 Å². The Labute approximate surface area is 257 Å². The number of rotatable bonds is 10. The molecule has 2 aliphatic rings. The molecule has 0 heterocycles. The van der Waals surface area contributed by atoms with Gasteiger partial charge in [0, 0.05) is 5.92 Å². The highest BCUT2D eigenvalue weighted by molar-refractivity contribution is 5.38. The summed E-state index contributed by atoms with van der Waals surface area (Å²) in [6.45, 7) is 21.6. The summed E-state index contributed by atoms with van der Waals surface area (Å²) in [5.74, 6) is 0.348. The smallest absolute Gasteiger partial charge is 0.0729 e. The molecule has 0 aromatic carbocycles. The number of aliphatic hydroxyl groups excluding tert-OH is 2.